The van der Waals surface area contributed by atoms with Crippen LogP contribution in [0, 0.1) is 0 Å². The molecular weight excluding hydrogens is 688 g/mol. The number of carbonyl (C=O) groups excluding carboxylic acids is 1. The fraction of sp³-hybridized carbons (Fsp3) is 0.925. The standard InChI is InChI=1S/C40H78O13/c1-3-5-6-7-8-9-10-11-12-13-14-15-16-17-40(41)53-39-38-52-37-36-51-35-34-50-33-32-49-31-30-48-29-28-47-27-26-46-25-24-45-23-22-44-21-20-43-19-18-42-4-2/h4H,2-3,5-39H2,1H3. The molecule has 0 radical (unpaired) electrons. The van der Waals surface area contributed by atoms with Gasteiger partial charge in [0.25, 0.3) is 0 Å². The number of carbonyl (C=O) groups is 1. The monoisotopic (exact) mass is 767 g/mol. The fourth-order valence-electron chi connectivity index (χ4n) is 4.85. The minimum Gasteiger partial charge on any atom is -0.499 e. The third-order valence-electron chi connectivity index (χ3n) is 7.79. The molecule has 0 heterocycles. The van der Waals surface area contributed by atoms with Gasteiger partial charge in [0.1, 0.15) is 13.2 Å². The first-order valence-corrected chi connectivity index (χ1v) is 20.5. The van der Waals surface area contributed by atoms with Crippen molar-refractivity contribution in [2.75, 3.05) is 145 Å². The predicted octanol–water partition coefficient (Wildman–Crippen LogP) is 6.34. The quantitative estimate of drug-likeness (QED) is 0.0389. The van der Waals surface area contributed by atoms with Crippen molar-refractivity contribution >= 4 is 5.97 Å². The maximum atomic E-state index is 11.9. The molecule has 0 unspecified atom stereocenters. The lowest BCUT2D eigenvalue weighted by Gasteiger charge is -2.09. The summed E-state index contributed by atoms with van der Waals surface area (Å²) in [5.74, 6) is -0.132. The van der Waals surface area contributed by atoms with Gasteiger partial charge in [-0.3, -0.25) is 4.79 Å². The Kier molecular flexibility index (Phi) is 47.4. The third-order valence-corrected chi connectivity index (χ3v) is 7.79. The van der Waals surface area contributed by atoms with Crippen molar-refractivity contribution in [3.8, 4) is 0 Å². The van der Waals surface area contributed by atoms with Crippen LogP contribution in [0.25, 0.3) is 0 Å². The molecule has 53 heavy (non-hydrogen) atoms. The molecule has 13 nitrogen and oxygen atoms in total. The van der Waals surface area contributed by atoms with E-state index in [2.05, 4.69) is 13.5 Å². The van der Waals surface area contributed by atoms with Gasteiger partial charge in [-0.1, -0.05) is 90.6 Å². The van der Waals surface area contributed by atoms with Crippen molar-refractivity contribution in [1.29, 1.82) is 0 Å². The normalized spacial score (nSPS) is 11.3. The van der Waals surface area contributed by atoms with Gasteiger partial charge in [-0.25, -0.2) is 0 Å². The summed E-state index contributed by atoms with van der Waals surface area (Å²) in [6.45, 7) is 16.4. The molecule has 316 valence electrons. The molecule has 0 rings (SSSR count). The average molecular weight is 767 g/mol. The van der Waals surface area contributed by atoms with E-state index in [0.717, 1.165) is 12.8 Å². The average Bonchev–Trinajstić information content (AvgIpc) is 3.16. The lowest BCUT2D eigenvalue weighted by Crippen LogP contribution is -2.15. The Hall–Kier alpha value is -1.39. The summed E-state index contributed by atoms with van der Waals surface area (Å²) < 4.78 is 64.8. The van der Waals surface area contributed by atoms with Crippen LogP contribution in [0.3, 0.4) is 0 Å². The Morgan fingerprint density at radius 3 is 0.887 bits per heavy atom. The first-order chi connectivity index (χ1) is 26.3. The number of ether oxygens (including phenoxy) is 12. The van der Waals surface area contributed by atoms with Gasteiger partial charge in [0, 0.05) is 6.42 Å². The smallest absolute Gasteiger partial charge is 0.305 e. The zero-order chi connectivity index (χ0) is 38.2. The summed E-state index contributed by atoms with van der Waals surface area (Å²) in [6.07, 6.45) is 18.7. The van der Waals surface area contributed by atoms with E-state index < -0.39 is 0 Å². The SMILES string of the molecule is C=COCCOCCOCCOCCOCCOCCOCCOCCOCCOCCOCCOC(=O)CCCCCCCCCCCCCCC. The Balaban J connectivity index is 3.12. The number of rotatable bonds is 48. The minimum absolute atomic E-state index is 0.132. The van der Waals surface area contributed by atoms with Gasteiger partial charge in [0.2, 0.25) is 0 Å². The summed E-state index contributed by atoms with van der Waals surface area (Å²) in [5.41, 5.74) is 0. The van der Waals surface area contributed by atoms with Crippen LogP contribution in [0.1, 0.15) is 96.8 Å². The molecule has 0 aliphatic rings. The zero-order valence-electron chi connectivity index (χ0n) is 33.5. The second-order valence-corrected chi connectivity index (χ2v) is 12.4. The fourth-order valence-corrected chi connectivity index (χ4v) is 4.85. The van der Waals surface area contributed by atoms with Gasteiger partial charge < -0.3 is 56.8 Å². The largest absolute Gasteiger partial charge is 0.499 e. The second-order valence-electron chi connectivity index (χ2n) is 12.4. The summed E-state index contributed by atoms with van der Waals surface area (Å²) in [5, 5.41) is 0. The van der Waals surface area contributed by atoms with Gasteiger partial charge in [-0.2, -0.15) is 0 Å². The second kappa shape index (κ2) is 48.6. The topological polar surface area (TPSA) is 128 Å². The minimum atomic E-state index is -0.132. The third kappa shape index (κ3) is 48.6. The maximum absolute atomic E-state index is 11.9. The van der Waals surface area contributed by atoms with E-state index >= 15 is 0 Å². The molecule has 0 saturated carbocycles. The number of esters is 1. The summed E-state index contributed by atoms with van der Waals surface area (Å²) in [4.78, 5) is 11.9. The van der Waals surface area contributed by atoms with Gasteiger partial charge in [0.05, 0.1) is 138 Å². The van der Waals surface area contributed by atoms with E-state index in [9.17, 15) is 4.79 Å². The van der Waals surface area contributed by atoms with E-state index in [-0.39, 0.29) is 12.6 Å². The van der Waals surface area contributed by atoms with Crippen molar-refractivity contribution < 1.29 is 61.6 Å². The highest BCUT2D eigenvalue weighted by atomic mass is 16.6. The lowest BCUT2D eigenvalue weighted by molar-refractivity contribution is -0.145. The maximum Gasteiger partial charge on any atom is 0.305 e. The molecule has 0 amide bonds. The molecule has 0 aromatic carbocycles. The molecule has 0 atom stereocenters. The van der Waals surface area contributed by atoms with Gasteiger partial charge in [-0.05, 0) is 6.42 Å². The number of hydrogen-bond donors (Lipinski definition) is 0. The molecule has 0 bridgehead atoms. The van der Waals surface area contributed by atoms with Crippen molar-refractivity contribution in [2.45, 2.75) is 96.8 Å². The van der Waals surface area contributed by atoms with E-state index in [4.69, 9.17) is 56.8 Å². The van der Waals surface area contributed by atoms with Crippen LogP contribution in [-0.4, -0.2) is 151 Å². The van der Waals surface area contributed by atoms with Crippen molar-refractivity contribution in [3.63, 3.8) is 0 Å². The van der Waals surface area contributed by atoms with Crippen molar-refractivity contribution in [1.82, 2.24) is 0 Å². The molecule has 0 fully saturated rings. The summed E-state index contributed by atoms with van der Waals surface area (Å²) in [6, 6.07) is 0. The predicted molar refractivity (Wildman–Crippen MR) is 206 cm³/mol. The van der Waals surface area contributed by atoms with Crippen LogP contribution >= 0.6 is 0 Å². The summed E-state index contributed by atoms with van der Waals surface area (Å²) >= 11 is 0. The van der Waals surface area contributed by atoms with Gasteiger partial charge in [0.15, 0.2) is 0 Å². The first kappa shape index (κ1) is 51.6. The number of hydrogen-bond acceptors (Lipinski definition) is 13. The van der Waals surface area contributed by atoms with Gasteiger partial charge in [-0.15, -0.1) is 0 Å². The molecule has 0 aliphatic carbocycles. The molecule has 0 aliphatic heterocycles. The highest BCUT2D eigenvalue weighted by Crippen LogP contribution is 2.13. The lowest BCUT2D eigenvalue weighted by atomic mass is 10.0. The van der Waals surface area contributed by atoms with Crippen LogP contribution < -0.4 is 0 Å². The summed E-state index contributed by atoms with van der Waals surface area (Å²) in [7, 11) is 0. The molecule has 0 spiro atoms. The Labute approximate surface area is 322 Å². The van der Waals surface area contributed by atoms with E-state index in [1.54, 1.807) is 0 Å². The highest BCUT2D eigenvalue weighted by Gasteiger charge is 2.03. The molecule has 0 aromatic heterocycles. The molecule has 0 N–H and O–H groups in total. The van der Waals surface area contributed by atoms with Gasteiger partial charge >= 0.3 is 5.97 Å². The zero-order valence-corrected chi connectivity index (χ0v) is 33.5. The molecule has 0 saturated heterocycles. The van der Waals surface area contributed by atoms with Crippen LogP contribution in [0.2, 0.25) is 0 Å². The van der Waals surface area contributed by atoms with Crippen LogP contribution in [0.15, 0.2) is 12.8 Å². The first-order valence-electron chi connectivity index (χ1n) is 20.5. The molecular formula is C40H78O13. The van der Waals surface area contributed by atoms with Crippen LogP contribution in [0.4, 0.5) is 0 Å². The molecule has 0 aromatic rings. The van der Waals surface area contributed by atoms with E-state index in [0.29, 0.717) is 145 Å². The van der Waals surface area contributed by atoms with Crippen LogP contribution in [0.5, 0.6) is 0 Å². The highest BCUT2D eigenvalue weighted by molar-refractivity contribution is 5.69. The molecule has 13 heteroatoms. The Bertz CT molecular complexity index is 702. The van der Waals surface area contributed by atoms with E-state index in [1.165, 1.54) is 76.9 Å². The Morgan fingerprint density at radius 1 is 0.358 bits per heavy atom. The van der Waals surface area contributed by atoms with Crippen LogP contribution in [-0.2, 0) is 61.6 Å². The number of unbranched alkanes of at least 4 members (excludes halogenated alkanes) is 12. The van der Waals surface area contributed by atoms with Crippen molar-refractivity contribution in [2.24, 2.45) is 0 Å². The van der Waals surface area contributed by atoms with Crippen molar-refractivity contribution in [3.05, 3.63) is 12.8 Å². The van der Waals surface area contributed by atoms with E-state index in [1.807, 2.05) is 0 Å². The Morgan fingerprint density at radius 2 is 0.604 bits per heavy atom.